The molecule has 4 rings (SSSR count). The number of nitrogens with zero attached hydrogens (tertiary/aromatic N) is 3. The van der Waals surface area contributed by atoms with Crippen molar-refractivity contribution >= 4 is 5.91 Å². The Kier molecular flexibility index (Phi) is 4.48. The number of halogens is 1. The minimum Gasteiger partial charge on any atom is -0.334 e. The summed E-state index contributed by atoms with van der Waals surface area (Å²) in [5, 5.41) is 7.24. The zero-order chi connectivity index (χ0) is 17.9. The van der Waals surface area contributed by atoms with E-state index in [-0.39, 0.29) is 17.8 Å². The van der Waals surface area contributed by atoms with E-state index in [2.05, 4.69) is 15.2 Å². The van der Waals surface area contributed by atoms with Gasteiger partial charge in [0.2, 0.25) is 5.91 Å². The van der Waals surface area contributed by atoms with Crippen LogP contribution in [-0.4, -0.2) is 32.5 Å². The van der Waals surface area contributed by atoms with Crippen molar-refractivity contribution in [2.75, 3.05) is 6.54 Å². The molecule has 0 radical (unpaired) electrons. The van der Waals surface area contributed by atoms with E-state index < -0.39 is 0 Å². The number of benzene rings is 1. The number of hydrogen-bond donors (Lipinski definition) is 1. The number of aromatic amines is 1. The molecule has 2 aromatic heterocycles. The highest BCUT2D eigenvalue weighted by molar-refractivity contribution is 5.80. The fourth-order valence-electron chi connectivity index (χ4n) is 3.55. The maximum Gasteiger partial charge on any atom is 0.227 e. The van der Waals surface area contributed by atoms with Crippen LogP contribution in [0.15, 0.2) is 55.0 Å². The Morgan fingerprint density at radius 1 is 1.23 bits per heavy atom. The number of amides is 1. The molecule has 0 spiro atoms. The number of rotatable bonds is 4. The van der Waals surface area contributed by atoms with E-state index in [4.69, 9.17) is 0 Å². The predicted molar refractivity (Wildman–Crippen MR) is 95.6 cm³/mol. The monoisotopic (exact) mass is 350 g/mol. The normalized spacial score (nSPS) is 16.8. The lowest BCUT2D eigenvalue weighted by molar-refractivity contribution is -0.131. The van der Waals surface area contributed by atoms with Crippen LogP contribution in [0, 0.1) is 5.82 Å². The summed E-state index contributed by atoms with van der Waals surface area (Å²) in [5.74, 6) is -0.187. The molecule has 1 aromatic carbocycles. The van der Waals surface area contributed by atoms with Crippen molar-refractivity contribution in [3.05, 3.63) is 72.1 Å². The summed E-state index contributed by atoms with van der Waals surface area (Å²) in [7, 11) is 0. The number of H-pyrrole nitrogens is 1. The summed E-state index contributed by atoms with van der Waals surface area (Å²) < 4.78 is 13.2. The van der Waals surface area contributed by atoms with Crippen LogP contribution in [0.3, 0.4) is 0 Å². The first kappa shape index (κ1) is 16.4. The highest BCUT2D eigenvalue weighted by Gasteiger charge is 2.32. The van der Waals surface area contributed by atoms with Crippen LogP contribution >= 0.6 is 0 Å². The van der Waals surface area contributed by atoms with Gasteiger partial charge in [-0.25, -0.2) is 4.39 Å². The Hall–Kier alpha value is -3.02. The molecule has 26 heavy (non-hydrogen) atoms. The molecule has 5 nitrogen and oxygen atoms in total. The minimum absolute atomic E-state index is 0.0401. The molecule has 1 unspecified atom stereocenters. The summed E-state index contributed by atoms with van der Waals surface area (Å²) in [5.41, 5.74) is 3.62. The fraction of sp³-hybridized carbons (Fsp3) is 0.250. The van der Waals surface area contributed by atoms with Crippen LogP contribution in [0.2, 0.25) is 0 Å². The SMILES string of the molecule is O=C(Cc1cccnc1)N1CCCC1c1[nH]ncc1-c1ccc(F)cc1. The van der Waals surface area contributed by atoms with Crippen molar-refractivity contribution in [1.29, 1.82) is 0 Å². The van der Waals surface area contributed by atoms with Crippen molar-refractivity contribution in [1.82, 2.24) is 20.1 Å². The first-order valence-corrected chi connectivity index (χ1v) is 8.70. The van der Waals surface area contributed by atoms with Crippen LogP contribution in [0.5, 0.6) is 0 Å². The number of pyridine rings is 1. The van der Waals surface area contributed by atoms with Gasteiger partial charge in [0.05, 0.1) is 24.4 Å². The van der Waals surface area contributed by atoms with E-state index in [1.54, 1.807) is 30.7 Å². The predicted octanol–water partition coefficient (Wildman–Crippen LogP) is 3.52. The summed E-state index contributed by atoms with van der Waals surface area (Å²) >= 11 is 0. The Labute approximate surface area is 150 Å². The van der Waals surface area contributed by atoms with Crippen molar-refractivity contribution < 1.29 is 9.18 Å². The maximum absolute atomic E-state index is 13.2. The Bertz CT molecular complexity index is 892. The zero-order valence-electron chi connectivity index (χ0n) is 14.2. The smallest absolute Gasteiger partial charge is 0.227 e. The van der Waals surface area contributed by atoms with Crippen molar-refractivity contribution in [2.24, 2.45) is 0 Å². The molecule has 1 N–H and O–H groups in total. The zero-order valence-corrected chi connectivity index (χ0v) is 14.2. The van der Waals surface area contributed by atoms with Crippen molar-refractivity contribution in [3.8, 4) is 11.1 Å². The van der Waals surface area contributed by atoms with Crippen LogP contribution in [-0.2, 0) is 11.2 Å². The first-order chi connectivity index (χ1) is 12.7. The average Bonchev–Trinajstić information content (AvgIpc) is 3.32. The highest BCUT2D eigenvalue weighted by Crippen LogP contribution is 2.36. The first-order valence-electron chi connectivity index (χ1n) is 8.70. The average molecular weight is 350 g/mol. The second kappa shape index (κ2) is 7.07. The summed E-state index contributed by atoms with van der Waals surface area (Å²) in [6, 6.07) is 10.1. The number of likely N-dealkylation sites (tertiary alicyclic amines) is 1. The maximum atomic E-state index is 13.2. The van der Waals surface area contributed by atoms with Gasteiger partial charge < -0.3 is 4.90 Å². The van der Waals surface area contributed by atoms with E-state index >= 15 is 0 Å². The molecule has 1 aliphatic heterocycles. The molecule has 6 heteroatoms. The number of carbonyl (C=O) groups is 1. The van der Waals surface area contributed by atoms with Crippen molar-refractivity contribution in [3.63, 3.8) is 0 Å². The van der Waals surface area contributed by atoms with Gasteiger partial charge in [0.15, 0.2) is 0 Å². The van der Waals surface area contributed by atoms with Gasteiger partial charge in [0.25, 0.3) is 0 Å². The van der Waals surface area contributed by atoms with Crippen LogP contribution < -0.4 is 0 Å². The van der Waals surface area contributed by atoms with E-state index in [0.29, 0.717) is 6.42 Å². The third kappa shape index (κ3) is 3.22. The molecular weight excluding hydrogens is 331 g/mol. The summed E-state index contributed by atoms with van der Waals surface area (Å²) in [4.78, 5) is 18.8. The van der Waals surface area contributed by atoms with Gasteiger partial charge in [-0.15, -0.1) is 0 Å². The lowest BCUT2D eigenvalue weighted by atomic mass is 10.0. The number of carbonyl (C=O) groups excluding carboxylic acids is 1. The molecule has 1 atom stereocenters. The molecule has 3 aromatic rings. The molecule has 0 aliphatic carbocycles. The largest absolute Gasteiger partial charge is 0.334 e. The van der Waals surface area contributed by atoms with E-state index in [9.17, 15) is 9.18 Å². The highest BCUT2D eigenvalue weighted by atomic mass is 19.1. The molecule has 1 aliphatic rings. The van der Waals surface area contributed by atoms with Gasteiger partial charge in [-0.05, 0) is 42.2 Å². The molecule has 0 bridgehead atoms. The van der Waals surface area contributed by atoms with E-state index in [0.717, 1.165) is 41.8 Å². The van der Waals surface area contributed by atoms with Gasteiger partial charge in [0, 0.05) is 24.5 Å². The van der Waals surface area contributed by atoms with Crippen molar-refractivity contribution in [2.45, 2.75) is 25.3 Å². The van der Waals surface area contributed by atoms with Gasteiger partial charge in [-0.2, -0.15) is 5.10 Å². The Balaban J connectivity index is 1.58. The number of nitrogens with one attached hydrogen (secondary N) is 1. The van der Waals surface area contributed by atoms with Gasteiger partial charge in [-0.1, -0.05) is 18.2 Å². The molecule has 1 amide bonds. The topological polar surface area (TPSA) is 61.9 Å². The van der Waals surface area contributed by atoms with Crippen LogP contribution in [0.25, 0.3) is 11.1 Å². The molecule has 0 saturated carbocycles. The van der Waals surface area contributed by atoms with Crippen LogP contribution in [0.4, 0.5) is 4.39 Å². The van der Waals surface area contributed by atoms with Gasteiger partial charge in [0.1, 0.15) is 5.82 Å². The second-order valence-corrected chi connectivity index (χ2v) is 6.49. The third-order valence-electron chi connectivity index (χ3n) is 4.81. The van der Waals surface area contributed by atoms with E-state index in [1.807, 2.05) is 17.0 Å². The number of aromatic nitrogens is 3. The second-order valence-electron chi connectivity index (χ2n) is 6.49. The third-order valence-corrected chi connectivity index (χ3v) is 4.81. The lowest BCUT2D eigenvalue weighted by Gasteiger charge is -2.25. The molecule has 3 heterocycles. The fourth-order valence-corrected chi connectivity index (χ4v) is 3.55. The van der Waals surface area contributed by atoms with E-state index in [1.165, 1.54) is 12.1 Å². The molecule has 1 saturated heterocycles. The Morgan fingerprint density at radius 3 is 2.85 bits per heavy atom. The minimum atomic E-state index is -0.270. The van der Waals surface area contributed by atoms with Crippen LogP contribution in [0.1, 0.15) is 30.1 Å². The molecular formula is C20H19FN4O. The molecule has 132 valence electrons. The summed E-state index contributed by atoms with van der Waals surface area (Å²) in [6.45, 7) is 0.728. The Morgan fingerprint density at radius 2 is 2.08 bits per heavy atom. The van der Waals surface area contributed by atoms with Gasteiger partial charge >= 0.3 is 0 Å². The van der Waals surface area contributed by atoms with Gasteiger partial charge in [-0.3, -0.25) is 14.9 Å². The standard InChI is InChI=1S/C20H19FN4O/c21-16-7-5-15(6-8-16)17-13-23-24-20(17)18-4-2-10-25(18)19(26)11-14-3-1-9-22-12-14/h1,3,5-9,12-13,18H,2,4,10-11H2,(H,23,24). The lowest BCUT2D eigenvalue weighted by Crippen LogP contribution is -2.32. The number of hydrogen-bond acceptors (Lipinski definition) is 3. The summed E-state index contributed by atoms with van der Waals surface area (Å²) in [6.07, 6.45) is 7.34. The quantitative estimate of drug-likeness (QED) is 0.783. The molecule has 1 fully saturated rings.